The Hall–Kier alpha value is -1.55. The summed E-state index contributed by atoms with van der Waals surface area (Å²) in [6, 6.07) is 7.09. The van der Waals surface area contributed by atoms with Crippen LogP contribution in [0.2, 0.25) is 0 Å². The van der Waals surface area contributed by atoms with Gasteiger partial charge in [-0.25, -0.2) is 0 Å². The highest BCUT2D eigenvalue weighted by molar-refractivity contribution is 5.80. The summed E-state index contributed by atoms with van der Waals surface area (Å²) in [7, 11) is 5.67. The quantitative estimate of drug-likeness (QED) is 0.927. The van der Waals surface area contributed by atoms with Gasteiger partial charge in [-0.05, 0) is 38.4 Å². The number of amides is 1. The molecule has 0 aliphatic carbocycles. The van der Waals surface area contributed by atoms with Gasteiger partial charge in [-0.1, -0.05) is 31.5 Å². The van der Waals surface area contributed by atoms with Crippen LogP contribution < -0.4 is 10.2 Å². The van der Waals surface area contributed by atoms with Gasteiger partial charge < -0.3 is 15.1 Å². The minimum absolute atomic E-state index is 0.159. The fraction of sp³-hybridized carbons (Fsp3) is 0.632. The van der Waals surface area contributed by atoms with Crippen LogP contribution >= 0.6 is 0 Å². The lowest BCUT2D eigenvalue weighted by Crippen LogP contribution is -2.41. The van der Waals surface area contributed by atoms with Crippen molar-refractivity contribution in [3.05, 3.63) is 29.3 Å². The maximum Gasteiger partial charge on any atom is 0.226 e. The first-order chi connectivity index (χ1) is 11.0. The van der Waals surface area contributed by atoms with Crippen molar-refractivity contribution in [1.29, 1.82) is 0 Å². The lowest BCUT2D eigenvalue weighted by atomic mass is 10.0. The Bertz CT molecular complexity index is 491. The van der Waals surface area contributed by atoms with E-state index in [-0.39, 0.29) is 5.91 Å². The first kappa shape index (κ1) is 19.5. The molecule has 4 heteroatoms. The normalized spacial score (nSPS) is 15.0. The molecule has 1 N–H and O–H groups in total. The average molecular weight is 319 g/mol. The van der Waals surface area contributed by atoms with Gasteiger partial charge in [-0.15, -0.1) is 0 Å². The lowest BCUT2D eigenvalue weighted by molar-refractivity contribution is -0.127. The Labute approximate surface area is 141 Å². The number of hydrogen-bond acceptors (Lipinski definition) is 3. The Morgan fingerprint density at radius 3 is 2.39 bits per heavy atom. The van der Waals surface area contributed by atoms with Crippen LogP contribution in [0, 0.1) is 6.92 Å². The highest BCUT2D eigenvalue weighted by Crippen LogP contribution is 2.26. The van der Waals surface area contributed by atoms with Crippen LogP contribution in [0.25, 0.3) is 0 Å². The van der Waals surface area contributed by atoms with Crippen molar-refractivity contribution in [2.45, 2.75) is 46.1 Å². The first-order valence-electron chi connectivity index (χ1n) is 8.73. The molecule has 0 saturated carbocycles. The number of nitrogens with one attached hydrogen (secondary N) is 1. The molecular weight excluding hydrogens is 286 g/mol. The number of likely N-dealkylation sites (N-methyl/N-ethyl adjacent to an activating group) is 1. The van der Waals surface area contributed by atoms with Crippen LogP contribution in [-0.2, 0) is 11.2 Å². The molecule has 1 fully saturated rings. The summed E-state index contributed by atoms with van der Waals surface area (Å²) >= 11 is 0. The van der Waals surface area contributed by atoms with E-state index in [0.717, 1.165) is 31.5 Å². The Morgan fingerprint density at radius 1 is 1.26 bits per heavy atom. The summed E-state index contributed by atoms with van der Waals surface area (Å²) in [4.78, 5) is 16.1. The van der Waals surface area contributed by atoms with Crippen molar-refractivity contribution in [2.75, 3.05) is 39.1 Å². The number of aryl methyl sites for hydroxylation is 1. The van der Waals surface area contributed by atoms with E-state index in [1.807, 2.05) is 35.0 Å². The number of carbonyl (C=O) groups excluding carboxylic acids is 1. The summed E-state index contributed by atoms with van der Waals surface area (Å²) in [6.07, 6.45) is 2.80. The molecule has 0 spiro atoms. The second kappa shape index (κ2) is 9.56. The Morgan fingerprint density at radius 2 is 1.87 bits per heavy atom. The molecule has 1 aliphatic rings. The van der Waals surface area contributed by atoms with E-state index in [0.29, 0.717) is 12.5 Å². The molecule has 130 valence electrons. The highest BCUT2D eigenvalue weighted by atomic mass is 16.2. The molecule has 0 atom stereocenters. The minimum Gasteiger partial charge on any atom is -0.371 e. The molecule has 23 heavy (non-hydrogen) atoms. The predicted octanol–water partition coefficient (Wildman–Crippen LogP) is 2.84. The SMILES string of the molecule is CC.CNC1CCN(c2ccc(C)cc2CC(=O)N(C)C)CC1. The fourth-order valence-electron chi connectivity index (χ4n) is 2.89. The number of carbonyl (C=O) groups is 1. The van der Waals surface area contributed by atoms with Crippen LogP contribution in [0.1, 0.15) is 37.8 Å². The summed E-state index contributed by atoms with van der Waals surface area (Å²) in [5, 5.41) is 3.36. The molecule has 1 saturated heterocycles. The van der Waals surface area contributed by atoms with Gasteiger partial charge in [0.15, 0.2) is 0 Å². The maximum atomic E-state index is 12.1. The number of hydrogen-bond donors (Lipinski definition) is 1. The van der Waals surface area contributed by atoms with Crippen molar-refractivity contribution in [2.24, 2.45) is 0 Å². The number of benzene rings is 1. The Kier molecular flexibility index (Phi) is 8.10. The molecule has 0 unspecified atom stereocenters. The van der Waals surface area contributed by atoms with Gasteiger partial charge in [0.25, 0.3) is 0 Å². The molecule has 1 amide bonds. The number of anilines is 1. The fourth-order valence-corrected chi connectivity index (χ4v) is 2.89. The van der Waals surface area contributed by atoms with Crippen LogP contribution in [0.5, 0.6) is 0 Å². The molecular formula is C19H33N3O. The second-order valence-electron chi connectivity index (χ2n) is 6.15. The van der Waals surface area contributed by atoms with E-state index >= 15 is 0 Å². The summed E-state index contributed by atoms with van der Waals surface area (Å²) in [5.74, 6) is 0.159. The smallest absolute Gasteiger partial charge is 0.226 e. The summed E-state index contributed by atoms with van der Waals surface area (Å²) < 4.78 is 0. The minimum atomic E-state index is 0.159. The topological polar surface area (TPSA) is 35.6 Å². The molecule has 1 aromatic carbocycles. The van der Waals surface area contributed by atoms with Gasteiger partial charge in [-0.2, -0.15) is 0 Å². The van der Waals surface area contributed by atoms with E-state index < -0.39 is 0 Å². The van der Waals surface area contributed by atoms with Crippen LogP contribution in [0.4, 0.5) is 5.69 Å². The van der Waals surface area contributed by atoms with Gasteiger partial charge in [0.1, 0.15) is 0 Å². The van der Waals surface area contributed by atoms with E-state index in [1.54, 1.807) is 4.90 Å². The molecule has 0 aromatic heterocycles. The van der Waals surface area contributed by atoms with Crippen molar-refractivity contribution in [1.82, 2.24) is 10.2 Å². The monoisotopic (exact) mass is 319 g/mol. The predicted molar refractivity (Wildman–Crippen MR) is 99.2 cm³/mol. The van der Waals surface area contributed by atoms with Crippen molar-refractivity contribution in [3.8, 4) is 0 Å². The van der Waals surface area contributed by atoms with E-state index in [9.17, 15) is 4.79 Å². The van der Waals surface area contributed by atoms with Gasteiger partial charge in [0.05, 0.1) is 6.42 Å². The molecule has 4 nitrogen and oxygen atoms in total. The first-order valence-corrected chi connectivity index (χ1v) is 8.73. The second-order valence-corrected chi connectivity index (χ2v) is 6.15. The van der Waals surface area contributed by atoms with Crippen molar-refractivity contribution >= 4 is 11.6 Å². The van der Waals surface area contributed by atoms with E-state index in [1.165, 1.54) is 11.3 Å². The third kappa shape index (κ3) is 5.54. The third-order valence-electron chi connectivity index (χ3n) is 4.32. The van der Waals surface area contributed by atoms with Crippen LogP contribution in [0.15, 0.2) is 18.2 Å². The zero-order valence-electron chi connectivity index (χ0n) is 15.6. The van der Waals surface area contributed by atoms with Gasteiger partial charge >= 0.3 is 0 Å². The maximum absolute atomic E-state index is 12.1. The van der Waals surface area contributed by atoms with Gasteiger partial charge in [0.2, 0.25) is 5.91 Å². The number of piperidine rings is 1. The van der Waals surface area contributed by atoms with E-state index in [4.69, 9.17) is 0 Å². The molecule has 0 radical (unpaired) electrons. The summed E-state index contributed by atoms with van der Waals surface area (Å²) in [6.45, 7) is 8.19. The van der Waals surface area contributed by atoms with Gasteiger partial charge in [-0.3, -0.25) is 4.79 Å². The van der Waals surface area contributed by atoms with Gasteiger partial charge in [0, 0.05) is 38.9 Å². The number of rotatable bonds is 4. The lowest BCUT2D eigenvalue weighted by Gasteiger charge is -2.35. The molecule has 1 aromatic rings. The number of nitrogens with zero attached hydrogens (tertiary/aromatic N) is 2. The van der Waals surface area contributed by atoms with Crippen molar-refractivity contribution in [3.63, 3.8) is 0 Å². The summed E-state index contributed by atoms with van der Waals surface area (Å²) in [5.41, 5.74) is 3.59. The molecule has 1 heterocycles. The van der Waals surface area contributed by atoms with E-state index in [2.05, 4.69) is 35.3 Å². The standard InChI is InChI=1S/C17H27N3O.C2H6/c1-13-5-6-16(14(11-13)12-17(21)19(3)4)20-9-7-15(18-2)8-10-20;1-2/h5-6,11,15,18H,7-10,12H2,1-4H3;1-2H3. The largest absolute Gasteiger partial charge is 0.371 e. The highest BCUT2D eigenvalue weighted by Gasteiger charge is 2.21. The molecule has 0 bridgehead atoms. The third-order valence-corrected chi connectivity index (χ3v) is 4.32. The average Bonchev–Trinajstić information content (AvgIpc) is 2.57. The van der Waals surface area contributed by atoms with Crippen molar-refractivity contribution < 1.29 is 4.79 Å². The molecule has 1 aliphatic heterocycles. The van der Waals surface area contributed by atoms with Crippen LogP contribution in [-0.4, -0.2) is 51.1 Å². The zero-order chi connectivity index (χ0) is 17.4. The zero-order valence-corrected chi connectivity index (χ0v) is 15.6. The molecule has 2 rings (SSSR count). The van der Waals surface area contributed by atoms with Crippen LogP contribution in [0.3, 0.4) is 0 Å². The Balaban J connectivity index is 0.00000127.